The molecule has 0 radical (unpaired) electrons. The molecule has 0 bridgehead atoms. The minimum absolute atomic E-state index is 0.0930. The fourth-order valence-electron chi connectivity index (χ4n) is 1.22. The Bertz CT molecular complexity index is 389. The van der Waals surface area contributed by atoms with Gasteiger partial charge in [-0.3, -0.25) is 4.79 Å². The number of carbonyl (C=O) groups is 1. The molecule has 4 nitrogen and oxygen atoms in total. The summed E-state index contributed by atoms with van der Waals surface area (Å²) < 4.78 is 0. The Kier molecular flexibility index (Phi) is 2.36. The van der Waals surface area contributed by atoms with Crippen LogP contribution < -0.4 is 5.32 Å². The third-order valence-corrected chi connectivity index (χ3v) is 1.94. The van der Waals surface area contributed by atoms with Gasteiger partial charge in [0.1, 0.15) is 5.69 Å². The standard InChI is InChI=1S/C10H11N3O/c14-10(9-4-2-6-12-9)13-7-8-3-1-5-11-8/h1-6,11-12H,7H2,(H,13,14). The molecule has 0 aliphatic rings. The van der Waals surface area contributed by atoms with Crippen molar-refractivity contribution in [1.29, 1.82) is 0 Å². The summed E-state index contributed by atoms with van der Waals surface area (Å²) in [6.45, 7) is 0.519. The summed E-state index contributed by atoms with van der Waals surface area (Å²) >= 11 is 0. The Morgan fingerprint density at radius 2 is 2.00 bits per heavy atom. The van der Waals surface area contributed by atoms with Gasteiger partial charge >= 0.3 is 0 Å². The number of rotatable bonds is 3. The monoisotopic (exact) mass is 189 g/mol. The lowest BCUT2D eigenvalue weighted by Crippen LogP contribution is -2.23. The fourth-order valence-corrected chi connectivity index (χ4v) is 1.22. The van der Waals surface area contributed by atoms with Crippen LogP contribution in [0.2, 0.25) is 0 Å². The highest BCUT2D eigenvalue weighted by Crippen LogP contribution is 1.96. The largest absolute Gasteiger partial charge is 0.364 e. The maximum absolute atomic E-state index is 11.4. The van der Waals surface area contributed by atoms with Gasteiger partial charge in [-0.15, -0.1) is 0 Å². The molecular formula is C10H11N3O. The summed E-state index contributed by atoms with van der Waals surface area (Å²) in [5.74, 6) is -0.0930. The number of amides is 1. The molecule has 14 heavy (non-hydrogen) atoms. The third-order valence-electron chi connectivity index (χ3n) is 1.94. The summed E-state index contributed by atoms with van der Waals surface area (Å²) in [5, 5.41) is 2.79. The van der Waals surface area contributed by atoms with Gasteiger partial charge in [-0.1, -0.05) is 0 Å². The maximum atomic E-state index is 11.4. The van der Waals surface area contributed by atoms with Crippen molar-refractivity contribution in [3.63, 3.8) is 0 Å². The first-order valence-corrected chi connectivity index (χ1v) is 4.40. The van der Waals surface area contributed by atoms with E-state index in [1.165, 1.54) is 0 Å². The van der Waals surface area contributed by atoms with Gasteiger partial charge in [0.2, 0.25) is 0 Å². The van der Waals surface area contributed by atoms with E-state index in [0.29, 0.717) is 12.2 Å². The minimum atomic E-state index is -0.0930. The van der Waals surface area contributed by atoms with Crippen LogP contribution in [-0.4, -0.2) is 15.9 Å². The maximum Gasteiger partial charge on any atom is 0.268 e. The number of hydrogen-bond donors (Lipinski definition) is 3. The van der Waals surface area contributed by atoms with Gasteiger partial charge < -0.3 is 15.3 Å². The highest BCUT2D eigenvalue weighted by molar-refractivity contribution is 5.92. The molecule has 0 aromatic carbocycles. The average Bonchev–Trinajstić information content (AvgIpc) is 2.87. The Balaban J connectivity index is 1.90. The Labute approximate surface area is 81.3 Å². The molecule has 2 aromatic rings. The van der Waals surface area contributed by atoms with Crippen molar-refractivity contribution in [2.75, 3.05) is 0 Å². The molecule has 0 saturated heterocycles. The lowest BCUT2D eigenvalue weighted by atomic mass is 10.4. The van der Waals surface area contributed by atoms with Crippen LogP contribution in [0.4, 0.5) is 0 Å². The van der Waals surface area contributed by atoms with Crippen LogP contribution in [0.3, 0.4) is 0 Å². The summed E-state index contributed by atoms with van der Waals surface area (Å²) in [4.78, 5) is 17.3. The molecule has 2 aromatic heterocycles. The van der Waals surface area contributed by atoms with Gasteiger partial charge in [0.15, 0.2) is 0 Å². The van der Waals surface area contributed by atoms with Crippen molar-refractivity contribution in [3.8, 4) is 0 Å². The summed E-state index contributed by atoms with van der Waals surface area (Å²) in [6, 6.07) is 7.36. The predicted molar refractivity (Wildman–Crippen MR) is 52.8 cm³/mol. The summed E-state index contributed by atoms with van der Waals surface area (Å²) in [5.41, 5.74) is 1.57. The van der Waals surface area contributed by atoms with Gasteiger partial charge in [0, 0.05) is 18.1 Å². The molecule has 0 saturated carbocycles. The number of hydrogen-bond acceptors (Lipinski definition) is 1. The second kappa shape index (κ2) is 3.83. The van der Waals surface area contributed by atoms with Crippen molar-refractivity contribution in [2.45, 2.75) is 6.54 Å². The average molecular weight is 189 g/mol. The van der Waals surface area contributed by atoms with E-state index >= 15 is 0 Å². The van der Waals surface area contributed by atoms with E-state index in [4.69, 9.17) is 0 Å². The normalized spacial score (nSPS) is 10.0. The second-order valence-electron chi connectivity index (χ2n) is 2.96. The Morgan fingerprint density at radius 3 is 2.64 bits per heavy atom. The van der Waals surface area contributed by atoms with Crippen molar-refractivity contribution >= 4 is 5.91 Å². The van der Waals surface area contributed by atoms with Crippen LogP contribution in [0.5, 0.6) is 0 Å². The molecule has 2 rings (SSSR count). The molecule has 2 heterocycles. The molecule has 0 atom stereocenters. The van der Waals surface area contributed by atoms with Crippen LogP contribution in [0.15, 0.2) is 36.7 Å². The van der Waals surface area contributed by atoms with Gasteiger partial charge in [0.25, 0.3) is 5.91 Å². The van der Waals surface area contributed by atoms with Crippen molar-refractivity contribution in [1.82, 2.24) is 15.3 Å². The lowest BCUT2D eigenvalue weighted by molar-refractivity contribution is 0.0946. The molecule has 0 spiro atoms. The van der Waals surface area contributed by atoms with Crippen LogP contribution in [0, 0.1) is 0 Å². The molecule has 0 aliphatic heterocycles. The smallest absolute Gasteiger partial charge is 0.268 e. The van der Waals surface area contributed by atoms with Gasteiger partial charge in [-0.2, -0.15) is 0 Å². The summed E-state index contributed by atoms with van der Waals surface area (Å²) in [7, 11) is 0. The quantitative estimate of drug-likeness (QED) is 0.669. The van der Waals surface area contributed by atoms with Gasteiger partial charge in [0.05, 0.1) is 6.54 Å². The molecular weight excluding hydrogens is 178 g/mol. The number of H-pyrrole nitrogens is 2. The highest BCUT2D eigenvalue weighted by Gasteiger charge is 2.04. The van der Waals surface area contributed by atoms with E-state index in [9.17, 15) is 4.79 Å². The van der Waals surface area contributed by atoms with Crippen LogP contribution >= 0.6 is 0 Å². The highest BCUT2D eigenvalue weighted by atomic mass is 16.1. The zero-order valence-corrected chi connectivity index (χ0v) is 7.58. The third kappa shape index (κ3) is 1.85. The molecule has 0 fully saturated rings. The zero-order valence-electron chi connectivity index (χ0n) is 7.58. The van der Waals surface area contributed by atoms with E-state index in [1.54, 1.807) is 18.3 Å². The number of aromatic amines is 2. The van der Waals surface area contributed by atoms with Crippen molar-refractivity contribution in [3.05, 3.63) is 48.0 Å². The van der Waals surface area contributed by atoms with Crippen LogP contribution in [0.25, 0.3) is 0 Å². The van der Waals surface area contributed by atoms with Crippen LogP contribution in [0.1, 0.15) is 16.2 Å². The molecule has 1 amide bonds. The van der Waals surface area contributed by atoms with Gasteiger partial charge in [-0.25, -0.2) is 0 Å². The second-order valence-corrected chi connectivity index (χ2v) is 2.96. The number of aromatic nitrogens is 2. The lowest BCUT2D eigenvalue weighted by Gasteiger charge is -2.01. The van der Waals surface area contributed by atoms with E-state index in [-0.39, 0.29) is 5.91 Å². The molecule has 0 unspecified atom stereocenters. The van der Waals surface area contributed by atoms with Crippen molar-refractivity contribution < 1.29 is 4.79 Å². The zero-order chi connectivity index (χ0) is 9.80. The Morgan fingerprint density at radius 1 is 1.21 bits per heavy atom. The summed E-state index contributed by atoms with van der Waals surface area (Å²) in [6.07, 6.45) is 3.56. The minimum Gasteiger partial charge on any atom is -0.364 e. The Hall–Kier alpha value is -1.97. The molecule has 4 heteroatoms. The molecule has 0 aliphatic carbocycles. The molecule has 3 N–H and O–H groups in total. The topological polar surface area (TPSA) is 60.7 Å². The van der Waals surface area contributed by atoms with E-state index in [1.807, 2.05) is 18.3 Å². The first-order valence-electron chi connectivity index (χ1n) is 4.40. The van der Waals surface area contributed by atoms with E-state index < -0.39 is 0 Å². The predicted octanol–water partition coefficient (Wildman–Crippen LogP) is 1.27. The van der Waals surface area contributed by atoms with Gasteiger partial charge in [-0.05, 0) is 24.3 Å². The number of nitrogens with one attached hydrogen (secondary N) is 3. The van der Waals surface area contributed by atoms with E-state index in [2.05, 4.69) is 15.3 Å². The van der Waals surface area contributed by atoms with Crippen molar-refractivity contribution in [2.24, 2.45) is 0 Å². The fraction of sp³-hybridized carbons (Fsp3) is 0.100. The van der Waals surface area contributed by atoms with Crippen LogP contribution in [-0.2, 0) is 6.54 Å². The first kappa shape index (κ1) is 8.62. The number of carbonyl (C=O) groups excluding carboxylic acids is 1. The first-order chi connectivity index (χ1) is 6.86. The molecule has 72 valence electrons. The van der Waals surface area contributed by atoms with E-state index in [0.717, 1.165) is 5.69 Å². The SMILES string of the molecule is O=C(NCc1ccc[nH]1)c1ccc[nH]1.